The van der Waals surface area contributed by atoms with Crippen LogP contribution >= 0.6 is 0 Å². The summed E-state index contributed by atoms with van der Waals surface area (Å²) >= 11 is 0. The molecule has 16 heavy (non-hydrogen) atoms. The van der Waals surface area contributed by atoms with Crippen molar-refractivity contribution in [2.45, 2.75) is 38.9 Å². The van der Waals surface area contributed by atoms with E-state index in [1.54, 1.807) is 0 Å². The van der Waals surface area contributed by atoms with Crippen molar-refractivity contribution < 1.29 is 9.47 Å². The normalized spacial score (nSPS) is 37.7. The second kappa shape index (κ2) is 3.97. The van der Waals surface area contributed by atoms with Gasteiger partial charge in [-0.05, 0) is 24.2 Å². The highest BCUT2D eigenvalue weighted by Gasteiger charge is 2.48. The lowest BCUT2D eigenvalue weighted by atomic mass is 9.92. The smallest absolute Gasteiger partial charge is 0.0976 e. The molecule has 0 amide bonds. The van der Waals surface area contributed by atoms with Crippen LogP contribution in [0.4, 0.5) is 0 Å². The van der Waals surface area contributed by atoms with Crippen molar-refractivity contribution in [1.82, 2.24) is 4.90 Å². The fraction of sp³-hybridized carbons (Fsp3) is 1.00. The molecule has 2 aliphatic heterocycles. The zero-order chi connectivity index (χ0) is 11.2. The Morgan fingerprint density at radius 1 is 1.12 bits per heavy atom. The van der Waals surface area contributed by atoms with Crippen LogP contribution < -0.4 is 0 Å². The van der Waals surface area contributed by atoms with Gasteiger partial charge in [0.1, 0.15) is 0 Å². The maximum atomic E-state index is 5.76. The molecule has 0 aromatic heterocycles. The van der Waals surface area contributed by atoms with Gasteiger partial charge in [0.05, 0.1) is 25.4 Å². The molecular formula is C13H23NO2. The van der Waals surface area contributed by atoms with Crippen molar-refractivity contribution in [3.63, 3.8) is 0 Å². The first kappa shape index (κ1) is 11.0. The molecule has 0 unspecified atom stereocenters. The molecule has 0 aromatic carbocycles. The largest absolute Gasteiger partial charge is 0.372 e. The molecule has 0 aromatic rings. The summed E-state index contributed by atoms with van der Waals surface area (Å²) in [4.78, 5) is 2.56. The van der Waals surface area contributed by atoms with Crippen molar-refractivity contribution in [3.05, 3.63) is 0 Å². The SMILES string of the molecule is CC(C)C1(CN2C[C@@H]3OCCO[C@@H]3C2)CC1. The van der Waals surface area contributed by atoms with E-state index < -0.39 is 0 Å². The molecule has 1 saturated carbocycles. The van der Waals surface area contributed by atoms with E-state index in [0.29, 0.717) is 17.6 Å². The van der Waals surface area contributed by atoms with E-state index in [4.69, 9.17) is 9.47 Å². The van der Waals surface area contributed by atoms with E-state index in [1.807, 2.05) is 0 Å². The lowest BCUT2D eigenvalue weighted by Gasteiger charge is -2.26. The van der Waals surface area contributed by atoms with Gasteiger partial charge in [0.15, 0.2) is 0 Å². The van der Waals surface area contributed by atoms with Crippen LogP contribution in [-0.2, 0) is 9.47 Å². The van der Waals surface area contributed by atoms with Crippen LogP contribution in [0, 0.1) is 11.3 Å². The van der Waals surface area contributed by atoms with Crippen molar-refractivity contribution in [1.29, 1.82) is 0 Å². The van der Waals surface area contributed by atoms with Crippen LogP contribution in [0.2, 0.25) is 0 Å². The van der Waals surface area contributed by atoms with Crippen molar-refractivity contribution >= 4 is 0 Å². The maximum absolute atomic E-state index is 5.76. The first-order chi connectivity index (χ1) is 7.70. The summed E-state index contributed by atoms with van der Waals surface area (Å²) < 4.78 is 11.5. The second-order valence-electron chi connectivity index (χ2n) is 6.03. The minimum atomic E-state index is 0.344. The molecule has 92 valence electrons. The molecule has 0 bridgehead atoms. The van der Waals surface area contributed by atoms with E-state index in [9.17, 15) is 0 Å². The number of rotatable bonds is 3. The fourth-order valence-electron chi connectivity index (χ4n) is 3.19. The molecule has 0 radical (unpaired) electrons. The summed E-state index contributed by atoms with van der Waals surface area (Å²) in [5.41, 5.74) is 0.619. The number of likely N-dealkylation sites (tertiary alicyclic amines) is 1. The van der Waals surface area contributed by atoms with E-state index in [0.717, 1.165) is 32.2 Å². The van der Waals surface area contributed by atoms with Gasteiger partial charge < -0.3 is 9.47 Å². The van der Waals surface area contributed by atoms with Crippen LogP contribution in [0.25, 0.3) is 0 Å². The molecule has 2 heterocycles. The average Bonchev–Trinajstić information content (AvgIpc) is 2.92. The highest BCUT2D eigenvalue weighted by molar-refractivity contribution is 5.00. The second-order valence-corrected chi connectivity index (χ2v) is 6.03. The molecule has 2 atom stereocenters. The van der Waals surface area contributed by atoms with Gasteiger partial charge >= 0.3 is 0 Å². The van der Waals surface area contributed by atoms with E-state index in [-0.39, 0.29) is 0 Å². The Bertz CT molecular complexity index is 249. The minimum Gasteiger partial charge on any atom is -0.372 e. The maximum Gasteiger partial charge on any atom is 0.0976 e. The molecule has 2 saturated heterocycles. The van der Waals surface area contributed by atoms with Crippen LogP contribution in [0.5, 0.6) is 0 Å². The minimum absolute atomic E-state index is 0.344. The third-order valence-corrected chi connectivity index (χ3v) is 4.69. The molecule has 3 rings (SSSR count). The average molecular weight is 225 g/mol. The number of hydrogen-bond acceptors (Lipinski definition) is 3. The van der Waals surface area contributed by atoms with Crippen LogP contribution in [0.3, 0.4) is 0 Å². The van der Waals surface area contributed by atoms with Crippen molar-refractivity contribution in [3.8, 4) is 0 Å². The summed E-state index contributed by atoms with van der Waals surface area (Å²) in [6.45, 7) is 9.71. The highest BCUT2D eigenvalue weighted by atomic mass is 16.6. The molecule has 1 aliphatic carbocycles. The van der Waals surface area contributed by atoms with Gasteiger partial charge in [-0.3, -0.25) is 4.90 Å². The molecule has 0 spiro atoms. The Morgan fingerprint density at radius 3 is 2.12 bits per heavy atom. The van der Waals surface area contributed by atoms with Gasteiger partial charge in [0, 0.05) is 19.6 Å². The first-order valence-electron chi connectivity index (χ1n) is 6.65. The molecule has 3 nitrogen and oxygen atoms in total. The van der Waals surface area contributed by atoms with E-state index in [2.05, 4.69) is 18.7 Å². The summed E-state index contributed by atoms with van der Waals surface area (Å²) in [5, 5.41) is 0. The standard InChI is InChI=1S/C13H23NO2/c1-10(2)13(3-4-13)9-14-7-11-12(8-14)16-6-5-15-11/h10-12H,3-9H2,1-2H3/t11-,12+. The van der Waals surface area contributed by atoms with Crippen molar-refractivity contribution in [2.75, 3.05) is 32.8 Å². The lowest BCUT2D eigenvalue weighted by molar-refractivity contribution is -0.116. The van der Waals surface area contributed by atoms with Gasteiger partial charge in [-0.25, -0.2) is 0 Å². The van der Waals surface area contributed by atoms with Gasteiger partial charge in [-0.15, -0.1) is 0 Å². The Hall–Kier alpha value is -0.120. The molecule has 0 N–H and O–H groups in total. The zero-order valence-corrected chi connectivity index (χ0v) is 10.4. The van der Waals surface area contributed by atoms with E-state index in [1.165, 1.54) is 19.4 Å². The molecule has 3 fully saturated rings. The number of fused-ring (bicyclic) bond motifs is 1. The summed E-state index contributed by atoms with van der Waals surface area (Å²) in [6, 6.07) is 0. The van der Waals surface area contributed by atoms with Crippen LogP contribution in [0.15, 0.2) is 0 Å². The summed E-state index contributed by atoms with van der Waals surface area (Å²) in [7, 11) is 0. The lowest BCUT2D eigenvalue weighted by Crippen LogP contribution is -2.36. The Labute approximate surface area is 98.1 Å². The molecule has 3 heteroatoms. The summed E-state index contributed by atoms with van der Waals surface area (Å²) in [6.07, 6.45) is 3.52. The molecular weight excluding hydrogens is 202 g/mol. The monoisotopic (exact) mass is 225 g/mol. The summed E-state index contributed by atoms with van der Waals surface area (Å²) in [5.74, 6) is 0.817. The van der Waals surface area contributed by atoms with Crippen LogP contribution in [0.1, 0.15) is 26.7 Å². The Kier molecular flexibility index (Phi) is 2.73. The van der Waals surface area contributed by atoms with Crippen LogP contribution in [-0.4, -0.2) is 50.0 Å². The number of nitrogens with zero attached hydrogens (tertiary/aromatic N) is 1. The Morgan fingerprint density at radius 2 is 1.69 bits per heavy atom. The predicted octanol–water partition coefficient (Wildman–Crippen LogP) is 1.52. The van der Waals surface area contributed by atoms with E-state index >= 15 is 0 Å². The van der Waals surface area contributed by atoms with Crippen molar-refractivity contribution in [2.24, 2.45) is 11.3 Å². The quantitative estimate of drug-likeness (QED) is 0.727. The Balaban J connectivity index is 1.57. The third-order valence-electron chi connectivity index (χ3n) is 4.69. The zero-order valence-electron chi connectivity index (χ0n) is 10.4. The first-order valence-corrected chi connectivity index (χ1v) is 6.65. The van der Waals surface area contributed by atoms with Gasteiger partial charge in [0.2, 0.25) is 0 Å². The number of hydrogen-bond donors (Lipinski definition) is 0. The topological polar surface area (TPSA) is 21.7 Å². The van der Waals surface area contributed by atoms with Gasteiger partial charge in [0.25, 0.3) is 0 Å². The van der Waals surface area contributed by atoms with Gasteiger partial charge in [-0.1, -0.05) is 13.8 Å². The van der Waals surface area contributed by atoms with Gasteiger partial charge in [-0.2, -0.15) is 0 Å². The molecule has 3 aliphatic rings. The third kappa shape index (κ3) is 1.89. The number of ether oxygens (including phenoxy) is 2. The predicted molar refractivity (Wildman–Crippen MR) is 62.4 cm³/mol. The highest BCUT2D eigenvalue weighted by Crippen LogP contribution is 2.52. The fourth-order valence-corrected chi connectivity index (χ4v) is 3.19.